The van der Waals surface area contributed by atoms with Gasteiger partial charge in [0.2, 0.25) is 15.9 Å². The lowest BCUT2D eigenvalue weighted by Crippen LogP contribution is -2.48. The lowest BCUT2D eigenvalue weighted by Gasteiger charge is -2.37. The SMILES string of the molecule is CC1(C)C2CCC1(CS(=O)(=O)NC1CCC(Oc3ccc(Cl)cn3)CC1)C(=O)C2. The van der Waals surface area contributed by atoms with Crippen LogP contribution in [-0.4, -0.2) is 37.1 Å². The van der Waals surface area contributed by atoms with Crippen LogP contribution in [0.1, 0.15) is 58.8 Å². The average molecular weight is 441 g/mol. The van der Waals surface area contributed by atoms with Crippen LogP contribution in [0.4, 0.5) is 0 Å². The van der Waals surface area contributed by atoms with Crippen molar-refractivity contribution in [2.24, 2.45) is 16.7 Å². The molecular weight excluding hydrogens is 412 g/mol. The van der Waals surface area contributed by atoms with Crippen LogP contribution >= 0.6 is 11.6 Å². The summed E-state index contributed by atoms with van der Waals surface area (Å²) in [4.78, 5) is 16.8. The molecule has 0 aliphatic heterocycles. The van der Waals surface area contributed by atoms with E-state index in [1.165, 1.54) is 0 Å². The number of fused-ring (bicyclic) bond motifs is 2. The molecule has 3 aliphatic carbocycles. The lowest BCUT2D eigenvalue weighted by molar-refractivity contribution is -0.128. The summed E-state index contributed by atoms with van der Waals surface area (Å²) in [6.45, 7) is 4.14. The maximum absolute atomic E-state index is 13.0. The summed E-state index contributed by atoms with van der Waals surface area (Å²) in [6, 6.07) is 3.37. The molecule has 4 rings (SSSR count). The predicted molar refractivity (Wildman–Crippen MR) is 111 cm³/mol. The van der Waals surface area contributed by atoms with Crippen LogP contribution in [0.3, 0.4) is 0 Å². The zero-order valence-electron chi connectivity index (χ0n) is 17.0. The van der Waals surface area contributed by atoms with E-state index in [9.17, 15) is 13.2 Å². The fourth-order valence-electron chi connectivity index (χ4n) is 5.63. The van der Waals surface area contributed by atoms with Crippen molar-refractivity contribution in [3.8, 4) is 5.88 Å². The van der Waals surface area contributed by atoms with E-state index < -0.39 is 15.4 Å². The van der Waals surface area contributed by atoms with Crippen LogP contribution in [0.15, 0.2) is 18.3 Å². The van der Waals surface area contributed by atoms with Crippen LogP contribution < -0.4 is 9.46 Å². The Morgan fingerprint density at radius 2 is 1.93 bits per heavy atom. The number of sulfonamides is 1. The molecule has 2 atom stereocenters. The summed E-state index contributed by atoms with van der Waals surface area (Å²) in [5, 5.41) is 0.562. The molecule has 160 valence electrons. The number of pyridine rings is 1. The monoisotopic (exact) mass is 440 g/mol. The molecular formula is C21H29ClN2O4S. The molecule has 1 heterocycles. The number of hydrogen-bond donors (Lipinski definition) is 1. The quantitative estimate of drug-likeness (QED) is 0.728. The van der Waals surface area contributed by atoms with E-state index >= 15 is 0 Å². The summed E-state index contributed by atoms with van der Waals surface area (Å²) < 4.78 is 34.7. The first-order valence-corrected chi connectivity index (χ1v) is 12.5. The van der Waals surface area contributed by atoms with Gasteiger partial charge in [-0.1, -0.05) is 25.4 Å². The summed E-state index contributed by atoms with van der Waals surface area (Å²) in [7, 11) is -3.53. The van der Waals surface area contributed by atoms with Crippen molar-refractivity contribution in [3.05, 3.63) is 23.4 Å². The normalized spacial score (nSPS) is 33.8. The van der Waals surface area contributed by atoms with E-state index in [1.807, 2.05) is 0 Å². The van der Waals surface area contributed by atoms with Gasteiger partial charge in [-0.2, -0.15) is 0 Å². The molecule has 0 saturated heterocycles. The highest BCUT2D eigenvalue weighted by atomic mass is 35.5. The Hall–Kier alpha value is -1.18. The van der Waals surface area contributed by atoms with Gasteiger partial charge in [-0.15, -0.1) is 0 Å². The van der Waals surface area contributed by atoms with Gasteiger partial charge in [-0.25, -0.2) is 18.1 Å². The summed E-state index contributed by atoms with van der Waals surface area (Å²) in [5.74, 6) is 0.916. The molecule has 0 spiro atoms. The number of rotatable bonds is 6. The molecule has 1 aromatic heterocycles. The van der Waals surface area contributed by atoms with Crippen LogP contribution in [0.2, 0.25) is 5.02 Å². The highest BCUT2D eigenvalue weighted by Gasteiger charge is 2.65. The maximum atomic E-state index is 13.0. The van der Waals surface area contributed by atoms with Gasteiger partial charge in [0.05, 0.1) is 10.8 Å². The first-order chi connectivity index (χ1) is 13.6. The number of Topliss-reactive ketones (excluding diaryl/α,β-unsaturated/α-hetero) is 1. The third-order valence-electron chi connectivity index (χ3n) is 7.58. The number of hydrogen-bond acceptors (Lipinski definition) is 5. The molecule has 3 saturated carbocycles. The van der Waals surface area contributed by atoms with Crippen molar-refractivity contribution in [1.29, 1.82) is 0 Å². The summed E-state index contributed by atoms with van der Waals surface area (Å²) in [5.41, 5.74) is -0.958. The Morgan fingerprint density at radius 1 is 1.21 bits per heavy atom. The maximum Gasteiger partial charge on any atom is 0.213 e. The van der Waals surface area contributed by atoms with Gasteiger partial charge in [0.1, 0.15) is 11.9 Å². The predicted octanol–water partition coefficient (Wildman–Crippen LogP) is 3.74. The number of carbonyl (C=O) groups is 1. The summed E-state index contributed by atoms with van der Waals surface area (Å²) in [6.07, 6.45) is 6.70. The van der Waals surface area contributed by atoms with Crippen molar-refractivity contribution in [2.45, 2.75) is 70.9 Å². The van der Waals surface area contributed by atoms with Gasteiger partial charge in [0.25, 0.3) is 0 Å². The fourth-order valence-corrected chi connectivity index (χ4v) is 7.89. The van der Waals surface area contributed by atoms with Crippen molar-refractivity contribution in [3.63, 3.8) is 0 Å². The van der Waals surface area contributed by atoms with Gasteiger partial charge in [-0.05, 0) is 55.9 Å². The Kier molecular flexibility index (Phi) is 5.45. The standard InChI is InChI=1S/C21H29ClN2O4S/c1-20(2)14-9-10-21(20,18(25)11-14)13-29(26,27)24-16-4-6-17(7-5-16)28-19-8-3-15(22)12-23-19/h3,8,12,14,16-17,24H,4-7,9-11,13H2,1-2H3. The van der Waals surface area contributed by atoms with E-state index in [1.54, 1.807) is 18.3 Å². The second-order valence-corrected chi connectivity index (χ2v) is 11.6. The lowest BCUT2D eigenvalue weighted by atomic mass is 9.70. The molecule has 2 unspecified atom stereocenters. The van der Waals surface area contributed by atoms with Crippen molar-refractivity contribution >= 4 is 27.4 Å². The minimum atomic E-state index is -3.53. The molecule has 3 fully saturated rings. The number of ketones is 1. The minimum absolute atomic E-state index is 0.0222. The number of nitrogens with zero attached hydrogens (tertiary/aromatic N) is 1. The van der Waals surface area contributed by atoms with Gasteiger partial charge in [-0.3, -0.25) is 4.79 Å². The van der Waals surface area contributed by atoms with Gasteiger partial charge in [0, 0.05) is 30.1 Å². The van der Waals surface area contributed by atoms with Crippen LogP contribution in [0.25, 0.3) is 0 Å². The smallest absolute Gasteiger partial charge is 0.213 e. The fraction of sp³-hybridized carbons (Fsp3) is 0.714. The first-order valence-electron chi connectivity index (χ1n) is 10.4. The minimum Gasteiger partial charge on any atom is -0.474 e. The Bertz CT molecular complexity index is 878. The second-order valence-electron chi connectivity index (χ2n) is 9.45. The number of nitrogens with one attached hydrogen (secondary N) is 1. The number of ether oxygens (including phenoxy) is 1. The molecule has 0 aromatic carbocycles. The second kappa shape index (κ2) is 7.50. The Balaban J connectivity index is 1.33. The van der Waals surface area contributed by atoms with E-state index in [4.69, 9.17) is 16.3 Å². The molecule has 6 nitrogen and oxygen atoms in total. The number of aromatic nitrogens is 1. The van der Waals surface area contributed by atoms with Gasteiger partial charge < -0.3 is 4.74 Å². The molecule has 2 bridgehead atoms. The highest BCUT2D eigenvalue weighted by Crippen LogP contribution is 2.64. The zero-order chi connectivity index (χ0) is 20.9. The third kappa shape index (κ3) is 3.93. The molecule has 3 aliphatic rings. The molecule has 29 heavy (non-hydrogen) atoms. The summed E-state index contributed by atoms with van der Waals surface area (Å²) >= 11 is 5.84. The molecule has 1 aromatic rings. The van der Waals surface area contributed by atoms with Gasteiger partial charge in [0.15, 0.2) is 0 Å². The van der Waals surface area contributed by atoms with Crippen molar-refractivity contribution in [2.75, 3.05) is 5.75 Å². The van der Waals surface area contributed by atoms with E-state index in [0.29, 0.717) is 42.5 Å². The van der Waals surface area contributed by atoms with Gasteiger partial charge >= 0.3 is 0 Å². The van der Waals surface area contributed by atoms with Crippen molar-refractivity contribution < 1.29 is 17.9 Å². The Labute approximate surface area is 177 Å². The molecule has 1 N–H and O–H groups in total. The molecule has 8 heteroatoms. The average Bonchev–Trinajstić information content (AvgIpc) is 2.99. The van der Waals surface area contributed by atoms with Crippen LogP contribution in [-0.2, 0) is 14.8 Å². The van der Waals surface area contributed by atoms with E-state index in [-0.39, 0.29) is 29.1 Å². The number of carbonyl (C=O) groups excluding carboxylic acids is 1. The van der Waals surface area contributed by atoms with Crippen molar-refractivity contribution in [1.82, 2.24) is 9.71 Å². The van der Waals surface area contributed by atoms with Crippen LogP contribution in [0, 0.1) is 16.7 Å². The zero-order valence-corrected chi connectivity index (χ0v) is 18.6. The Morgan fingerprint density at radius 3 is 2.48 bits per heavy atom. The third-order valence-corrected chi connectivity index (χ3v) is 9.37. The highest BCUT2D eigenvalue weighted by molar-refractivity contribution is 7.89. The largest absolute Gasteiger partial charge is 0.474 e. The first kappa shape index (κ1) is 21.1. The topological polar surface area (TPSA) is 85.4 Å². The van der Waals surface area contributed by atoms with E-state index in [0.717, 1.165) is 19.3 Å². The van der Waals surface area contributed by atoms with Crippen LogP contribution in [0.5, 0.6) is 5.88 Å². The number of halogens is 1. The van der Waals surface area contributed by atoms with E-state index in [2.05, 4.69) is 23.6 Å². The molecule has 0 radical (unpaired) electrons. The molecule has 0 amide bonds.